The minimum Gasteiger partial charge on any atom is -0.469 e. The van der Waals surface area contributed by atoms with Gasteiger partial charge in [-0.2, -0.15) is 0 Å². The molecule has 2 unspecified atom stereocenters. The van der Waals surface area contributed by atoms with Crippen molar-refractivity contribution >= 4 is 5.97 Å². The van der Waals surface area contributed by atoms with Crippen molar-refractivity contribution < 1.29 is 14.6 Å². The maximum atomic E-state index is 11.6. The number of esters is 1. The van der Waals surface area contributed by atoms with Crippen LogP contribution in [0.2, 0.25) is 0 Å². The standard InChI is InChI=1S/C13H26O3/c1-6-7-8-10(12(15)16-5)11(14)9-13(2,3)4/h10-11,14H,6-9H2,1-5H3. The Kier molecular flexibility index (Phi) is 6.65. The van der Waals surface area contributed by atoms with Gasteiger partial charge in [0.25, 0.3) is 0 Å². The zero-order chi connectivity index (χ0) is 12.8. The molecule has 0 heterocycles. The SMILES string of the molecule is CCCCC(C(=O)OC)C(O)CC(C)(C)C. The summed E-state index contributed by atoms with van der Waals surface area (Å²) < 4.78 is 4.75. The van der Waals surface area contributed by atoms with Crippen LogP contribution < -0.4 is 0 Å². The van der Waals surface area contributed by atoms with E-state index in [2.05, 4.69) is 27.7 Å². The second-order valence-electron chi connectivity index (χ2n) is 5.60. The number of aliphatic hydroxyl groups is 1. The molecule has 0 aromatic rings. The van der Waals surface area contributed by atoms with Crippen LogP contribution in [0.4, 0.5) is 0 Å². The number of aliphatic hydroxyl groups excluding tert-OH is 1. The lowest BCUT2D eigenvalue weighted by atomic mass is 9.83. The number of unbranched alkanes of at least 4 members (excludes halogenated alkanes) is 1. The van der Waals surface area contributed by atoms with Gasteiger partial charge in [-0.15, -0.1) is 0 Å². The highest BCUT2D eigenvalue weighted by molar-refractivity contribution is 5.72. The number of rotatable bonds is 6. The zero-order valence-electron chi connectivity index (χ0n) is 11.2. The number of carbonyl (C=O) groups is 1. The Labute approximate surface area is 99.2 Å². The van der Waals surface area contributed by atoms with Crippen molar-refractivity contribution in [2.75, 3.05) is 7.11 Å². The third-order valence-corrected chi connectivity index (χ3v) is 2.66. The fourth-order valence-electron chi connectivity index (χ4n) is 1.81. The van der Waals surface area contributed by atoms with Crippen LogP contribution in [0.15, 0.2) is 0 Å². The average molecular weight is 230 g/mol. The van der Waals surface area contributed by atoms with Gasteiger partial charge >= 0.3 is 5.97 Å². The topological polar surface area (TPSA) is 46.5 Å². The summed E-state index contributed by atoms with van der Waals surface area (Å²) in [5, 5.41) is 10.1. The molecule has 0 aliphatic heterocycles. The van der Waals surface area contributed by atoms with E-state index >= 15 is 0 Å². The third-order valence-electron chi connectivity index (χ3n) is 2.66. The van der Waals surface area contributed by atoms with E-state index in [0.717, 1.165) is 12.8 Å². The van der Waals surface area contributed by atoms with Crippen molar-refractivity contribution in [1.82, 2.24) is 0 Å². The van der Waals surface area contributed by atoms with Crippen molar-refractivity contribution in [1.29, 1.82) is 0 Å². The molecule has 0 aliphatic rings. The summed E-state index contributed by atoms with van der Waals surface area (Å²) in [4.78, 5) is 11.6. The van der Waals surface area contributed by atoms with E-state index < -0.39 is 6.10 Å². The molecule has 2 atom stereocenters. The number of hydrogen-bond donors (Lipinski definition) is 1. The predicted octanol–water partition coefficient (Wildman–Crippen LogP) is 2.76. The fraction of sp³-hybridized carbons (Fsp3) is 0.923. The maximum Gasteiger partial charge on any atom is 0.311 e. The highest BCUT2D eigenvalue weighted by Gasteiger charge is 2.30. The van der Waals surface area contributed by atoms with Gasteiger partial charge in [-0.3, -0.25) is 4.79 Å². The van der Waals surface area contributed by atoms with E-state index in [1.54, 1.807) is 0 Å². The third kappa shape index (κ3) is 6.11. The molecule has 3 nitrogen and oxygen atoms in total. The van der Waals surface area contributed by atoms with Crippen LogP contribution in [-0.2, 0) is 9.53 Å². The maximum absolute atomic E-state index is 11.6. The van der Waals surface area contributed by atoms with Crippen LogP contribution in [0.3, 0.4) is 0 Å². The lowest BCUT2D eigenvalue weighted by molar-refractivity contribution is -0.150. The highest BCUT2D eigenvalue weighted by Crippen LogP contribution is 2.27. The summed E-state index contributed by atoms with van der Waals surface area (Å²) in [6, 6.07) is 0. The van der Waals surface area contributed by atoms with Crippen LogP contribution in [0.5, 0.6) is 0 Å². The number of hydrogen-bond acceptors (Lipinski definition) is 3. The van der Waals surface area contributed by atoms with Gasteiger partial charge in [-0.1, -0.05) is 40.5 Å². The van der Waals surface area contributed by atoms with Gasteiger partial charge in [0.2, 0.25) is 0 Å². The molecule has 0 amide bonds. The summed E-state index contributed by atoms with van der Waals surface area (Å²) >= 11 is 0. The number of ether oxygens (including phenoxy) is 1. The summed E-state index contributed by atoms with van der Waals surface area (Å²) in [7, 11) is 1.38. The molecule has 3 heteroatoms. The van der Waals surface area contributed by atoms with E-state index in [0.29, 0.717) is 12.8 Å². The molecular weight excluding hydrogens is 204 g/mol. The molecule has 96 valence electrons. The molecule has 0 radical (unpaired) electrons. The first kappa shape index (κ1) is 15.4. The smallest absolute Gasteiger partial charge is 0.311 e. The van der Waals surface area contributed by atoms with Gasteiger partial charge in [0.1, 0.15) is 0 Å². The van der Waals surface area contributed by atoms with Crippen LogP contribution in [-0.4, -0.2) is 24.3 Å². The summed E-state index contributed by atoms with van der Waals surface area (Å²) in [5.74, 6) is -0.658. The van der Waals surface area contributed by atoms with Crippen LogP contribution in [0.1, 0.15) is 53.4 Å². The quantitative estimate of drug-likeness (QED) is 0.714. The molecule has 1 N–H and O–H groups in total. The minimum atomic E-state index is -0.598. The molecule has 0 saturated heterocycles. The molecule has 0 bridgehead atoms. The number of carbonyl (C=O) groups excluding carboxylic acids is 1. The monoisotopic (exact) mass is 230 g/mol. The van der Waals surface area contributed by atoms with Gasteiger partial charge in [0.15, 0.2) is 0 Å². The Morgan fingerprint density at radius 2 is 1.94 bits per heavy atom. The average Bonchev–Trinajstić information content (AvgIpc) is 2.15. The predicted molar refractivity (Wildman–Crippen MR) is 65.1 cm³/mol. The van der Waals surface area contributed by atoms with E-state index in [1.807, 2.05) is 0 Å². The zero-order valence-corrected chi connectivity index (χ0v) is 11.2. The van der Waals surface area contributed by atoms with E-state index in [1.165, 1.54) is 7.11 Å². The first-order valence-electron chi connectivity index (χ1n) is 6.07. The number of methoxy groups -OCH3 is 1. The van der Waals surface area contributed by atoms with Gasteiger partial charge in [0.05, 0.1) is 19.1 Å². The molecule has 16 heavy (non-hydrogen) atoms. The summed E-state index contributed by atoms with van der Waals surface area (Å²) in [6.07, 6.45) is 2.70. The summed E-state index contributed by atoms with van der Waals surface area (Å²) in [6.45, 7) is 8.25. The lowest BCUT2D eigenvalue weighted by Gasteiger charge is -2.27. The molecule has 0 fully saturated rings. The van der Waals surface area contributed by atoms with Gasteiger partial charge in [-0.05, 0) is 18.3 Å². The van der Waals surface area contributed by atoms with Crippen molar-refractivity contribution in [2.24, 2.45) is 11.3 Å². The molecular formula is C13H26O3. The second-order valence-corrected chi connectivity index (χ2v) is 5.60. The molecule has 0 rings (SSSR count). The molecule has 0 spiro atoms. The Hall–Kier alpha value is -0.570. The first-order chi connectivity index (χ1) is 7.31. The van der Waals surface area contributed by atoms with Crippen molar-refractivity contribution in [3.05, 3.63) is 0 Å². The normalized spacial score (nSPS) is 15.6. The van der Waals surface area contributed by atoms with Gasteiger partial charge < -0.3 is 9.84 Å². The highest BCUT2D eigenvalue weighted by atomic mass is 16.5. The Balaban J connectivity index is 4.43. The molecule has 0 aliphatic carbocycles. The van der Waals surface area contributed by atoms with Gasteiger partial charge in [-0.25, -0.2) is 0 Å². The Bertz CT molecular complexity index is 206. The van der Waals surface area contributed by atoms with Crippen molar-refractivity contribution in [3.8, 4) is 0 Å². The first-order valence-corrected chi connectivity index (χ1v) is 6.07. The van der Waals surface area contributed by atoms with Crippen LogP contribution in [0, 0.1) is 11.3 Å². The van der Waals surface area contributed by atoms with Gasteiger partial charge in [0, 0.05) is 0 Å². The molecule has 0 aromatic heterocycles. The van der Waals surface area contributed by atoms with Crippen LogP contribution >= 0.6 is 0 Å². The largest absolute Gasteiger partial charge is 0.469 e. The van der Waals surface area contributed by atoms with Crippen molar-refractivity contribution in [2.45, 2.75) is 59.5 Å². The Morgan fingerprint density at radius 3 is 2.31 bits per heavy atom. The minimum absolute atomic E-state index is 0.0257. The van der Waals surface area contributed by atoms with Crippen LogP contribution in [0.25, 0.3) is 0 Å². The van der Waals surface area contributed by atoms with E-state index in [-0.39, 0.29) is 17.3 Å². The second kappa shape index (κ2) is 6.89. The summed E-state index contributed by atoms with van der Waals surface area (Å²) in [5.41, 5.74) is 0.0257. The molecule has 0 aromatic carbocycles. The van der Waals surface area contributed by atoms with E-state index in [4.69, 9.17) is 4.74 Å². The van der Waals surface area contributed by atoms with Crippen molar-refractivity contribution in [3.63, 3.8) is 0 Å². The Morgan fingerprint density at radius 1 is 1.38 bits per heavy atom. The molecule has 0 saturated carbocycles. The fourth-order valence-corrected chi connectivity index (χ4v) is 1.81. The van der Waals surface area contributed by atoms with E-state index in [9.17, 15) is 9.90 Å². The lowest BCUT2D eigenvalue weighted by Crippen LogP contribution is -2.32.